The molecule has 0 amide bonds. The minimum absolute atomic E-state index is 0.00302. The molecule has 0 aliphatic heterocycles. The van der Waals surface area contributed by atoms with Gasteiger partial charge in [0.25, 0.3) is 0 Å². The van der Waals surface area contributed by atoms with Crippen molar-refractivity contribution >= 4 is 23.9 Å². The van der Waals surface area contributed by atoms with Crippen LogP contribution in [0.5, 0.6) is 23.0 Å². The zero-order chi connectivity index (χ0) is 27.0. The molecule has 0 radical (unpaired) electrons. The van der Waals surface area contributed by atoms with Crippen LogP contribution in [0, 0.1) is 0 Å². The van der Waals surface area contributed by atoms with Gasteiger partial charge in [0.15, 0.2) is 23.0 Å². The van der Waals surface area contributed by atoms with E-state index in [0.717, 1.165) is 30.4 Å². The monoisotopic (exact) mass is 502 g/mol. The highest BCUT2D eigenvalue weighted by molar-refractivity contribution is 5.89. The minimum atomic E-state index is -5.07. The molecule has 0 heterocycles. The second-order valence-corrected chi connectivity index (χ2v) is 6.51. The predicted octanol–water partition coefficient (Wildman–Crippen LogP) is 4.74. The van der Waals surface area contributed by atoms with E-state index in [0.29, 0.717) is 18.2 Å². The lowest BCUT2D eigenvalue weighted by molar-refractivity contribution is -0.142. The number of benzene rings is 2. The van der Waals surface area contributed by atoms with Crippen molar-refractivity contribution in [1.82, 2.24) is 0 Å². The fourth-order valence-electron chi connectivity index (χ4n) is 2.60. The third kappa shape index (κ3) is 6.79. The molecule has 0 N–H and O–H groups in total. The molecule has 0 fully saturated rings. The SMILES string of the molecule is C=CC(=O)Oc1ccc(-c2cc(OC(=O)C=C)c(OC(=O)C=C)c(C(F)(F)F)c2)cc1OC(=O)C=C. The smallest absolute Gasteiger partial charge is 0.419 e. The zero-order valence-corrected chi connectivity index (χ0v) is 18.4. The van der Waals surface area contributed by atoms with Gasteiger partial charge in [0.1, 0.15) is 5.56 Å². The maximum Gasteiger partial charge on any atom is 0.420 e. The number of esters is 4. The van der Waals surface area contributed by atoms with Gasteiger partial charge in [-0.05, 0) is 35.4 Å². The Bertz CT molecular complexity index is 1270. The van der Waals surface area contributed by atoms with Crippen LogP contribution in [0.2, 0.25) is 0 Å². The maximum absolute atomic E-state index is 13.9. The molecule has 2 rings (SSSR count). The lowest BCUT2D eigenvalue weighted by atomic mass is 10.0. The van der Waals surface area contributed by atoms with Crippen molar-refractivity contribution in [3.8, 4) is 34.1 Å². The van der Waals surface area contributed by atoms with Crippen LogP contribution < -0.4 is 18.9 Å². The van der Waals surface area contributed by atoms with Crippen LogP contribution in [0.25, 0.3) is 11.1 Å². The first-order valence-corrected chi connectivity index (χ1v) is 9.70. The number of ether oxygens (including phenoxy) is 4. The molecule has 2 aromatic carbocycles. The van der Waals surface area contributed by atoms with Crippen LogP contribution in [0.3, 0.4) is 0 Å². The molecule has 0 bridgehead atoms. The van der Waals surface area contributed by atoms with Crippen molar-refractivity contribution in [1.29, 1.82) is 0 Å². The van der Waals surface area contributed by atoms with Crippen LogP contribution in [0.1, 0.15) is 5.56 Å². The van der Waals surface area contributed by atoms with Crippen LogP contribution in [0.4, 0.5) is 13.2 Å². The highest BCUT2D eigenvalue weighted by atomic mass is 19.4. The lowest BCUT2D eigenvalue weighted by Crippen LogP contribution is -2.15. The van der Waals surface area contributed by atoms with Gasteiger partial charge in [0.05, 0.1) is 0 Å². The van der Waals surface area contributed by atoms with Gasteiger partial charge in [0, 0.05) is 24.3 Å². The van der Waals surface area contributed by atoms with Gasteiger partial charge in [-0.3, -0.25) is 0 Å². The molecular weight excluding hydrogens is 485 g/mol. The van der Waals surface area contributed by atoms with E-state index in [9.17, 15) is 32.3 Å². The summed E-state index contributed by atoms with van der Waals surface area (Å²) in [4.78, 5) is 46.8. The summed E-state index contributed by atoms with van der Waals surface area (Å²) in [7, 11) is 0. The molecule has 0 saturated heterocycles. The maximum atomic E-state index is 13.9. The van der Waals surface area contributed by atoms with E-state index in [1.54, 1.807) is 0 Å². The van der Waals surface area contributed by atoms with E-state index < -0.39 is 47.1 Å². The topological polar surface area (TPSA) is 105 Å². The highest BCUT2D eigenvalue weighted by Gasteiger charge is 2.38. The molecule has 11 heteroatoms. The number of alkyl halides is 3. The summed E-state index contributed by atoms with van der Waals surface area (Å²) in [5, 5.41) is 0. The molecule has 36 heavy (non-hydrogen) atoms. The fourth-order valence-corrected chi connectivity index (χ4v) is 2.60. The molecule has 0 saturated carbocycles. The molecule has 0 aromatic heterocycles. The Labute approximate surface area is 202 Å². The number of halogens is 3. The summed E-state index contributed by atoms with van der Waals surface area (Å²) in [6.07, 6.45) is -2.11. The fraction of sp³-hybridized carbons (Fsp3) is 0.0400. The van der Waals surface area contributed by atoms with Crippen molar-refractivity contribution in [2.45, 2.75) is 6.18 Å². The van der Waals surface area contributed by atoms with Crippen LogP contribution in [-0.2, 0) is 25.4 Å². The predicted molar refractivity (Wildman–Crippen MR) is 120 cm³/mol. The van der Waals surface area contributed by atoms with E-state index in [4.69, 9.17) is 18.9 Å². The first-order chi connectivity index (χ1) is 16.9. The molecule has 0 aliphatic rings. The molecule has 186 valence electrons. The normalized spacial score (nSPS) is 10.4. The van der Waals surface area contributed by atoms with Crippen molar-refractivity contribution in [3.05, 3.63) is 86.5 Å². The van der Waals surface area contributed by atoms with Gasteiger partial charge in [-0.2, -0.15) is 13.2 Å². The van der Waals surface area contributed by atoms with Gasteiger partial charge < -0.3 is 18.9 Å². The van der Waals surface area contributed by atoms with E-state index in [1.165, 1.54) is 6.07 Å². The standard InChI is InChI=1S/C25H17F3O8/c1-5-20(29)33-17-10-9-14(12-18(17)34-21(30)6-2)15-11-16(25(26,27)28)24(36-23(32)8-4)19(13-15)35-22(31)7-3/h5-13H,1-4H2. The number of carbonyl (C=O) groups is 4. The Hall–Kier alpha value is -4.93. The van der Waals surface area contributed by atoms with Gasteiger partial charge >= 0.3 is 30.1 Å². The number of rotatable bonds is 9. The van der Waals surface area contributed by atoms with E-state index in [1.807, 2.05) is 0 Å². The largest absolute Gasteiger partial charge is 0.420 e. The van der Waals surface area contributed by atoms with E-state index in [-0.39, 0.29) is 22.6 Å². The second kappa shape index (κ2) is 11.5. The van der Waals surface area contributed by atoms with Crippen molar-refractivity contribution in [3.63, 3.8) is 0 Å². The number of hydrogen-bond donors (Lipinski definition) is 0. The summed E-state index contributed by atoms with van der Waals surface area (Å²) >= 11 is 0. The van der Waals surface area contributed by atoms with Gasteiger partial charge in [0.2, 0.25) is 0 Å². The van der Waals surface area contributed by atoms with Crippen LogP contribution >= 0.6 is 0 Å². The molecule has 0 aliphatic carbocycles. The first kappa shape index (κ1) is 27.3. The average molecular weight is 502 g/mol. The van der Waals surface area contributed by atoms with Gasteiger partial charge in [-0.15, -0.1) is 0 Å². The average Bonchev–Trinajstić information content (AvgIpc) is 2.84. The summed E-state index contributed by atoms with van der Waals surface area (Å²) in [6, 6.07) is 5.07. The van der Waals surface area contributed by atoms with E-state index >= 15 is 0 Å². The molecule has 0 spiro atoms. The summed E-state index contributed by atoms with van der Waals surface area (Å²) in [5.41, 5.74) is -1.66. The molecule has 0 unspecified atom stereocenters. The highest BCUT2D eigenvalue weighted by Crippen LogP contribution is 2.45. The third-order valence-electron chi connectivity index (χ3n) is 4.14. The number of carbonyl (C=O) groups excluding carboxylic acids is 4. The Morgan fingerprint density at radius 3 is 1.56 bits per heavy atom. The Morgan fingerprint density at radius 1 is 0.611 bits per heavy atom. The van der Waals surface area contributed by atoms with Crippen molar-refractivity contribution in [2.75, 3.05) is 0 Å². The molecule has 0 atom stereocenters. The molecule has 2 aromatic rings. The van der Waals surface area contributed by atoms with E-state index in [2.05, 4.69) is 26.3 Å². The third-order valence-corrected chi connectivity index (χ3v) is 4.14. The minimum Gasteiger partial charge on any atom is -0.419 e. The Kier molecular flexibility index (Phi) is 8.70. The quantitative estimate of drug-likeness (QED) is 0.275. The number of hydrogen-bond acceptors (Lipinski definition) is 8. The van der Waals surface area contributed by atoms with Gasteiger partial charge in [-0.1, -0.05) is 32.4 Å². The zero-order valence-electron chi connectivity index (χ0n) is 18.4. The molecule has 8 nitrogen and oxygen atoms in total. The summed E-state index contributed by atoms with van der Waals surface area (Å²) < 4.78 is 61.4. The summed E-state index contributed by atoms with van der Waals surface area (Å²) in [5.74, 6) is -6.65. The lowest BCUT2D eigenvalue weighted by Gasteiger charge is -2.18. The second-order valence-electron chi connectivity index (χ2n) is 6.51. The van der Waals surface area contributed by atoms with Crippen LogP contribution in [0.15, 0.2) is 81.0 Å². The first-order valence-electron chi connectivity index (χ1n) is 9.70. The van der Waals surface area contributed by atoms with Crippen LogP contribution in [-0.4, -0.2) is 23.9 Å². The van der Waals surface area contributed by atoms with Gasteiger partial charge in [-0.25, -0.2) is 19.2 Å². The summed E-state index contributed by atoms with van der Waals surface area (Å²) in [6.45, 7) is 12.8. The Morgan fingerprint density at radius 2 is 1.06 bits per heavy atom. The van der Waals surface area contributed by atoms with Crippen molar-refractivity contribution < 1.29 is 51.3 Å². The van der Waals surface area contributed by atoms with Crippen molar-refractivity contribution in [2.24, 2.45) is 0 Å². The Balaban J connectivity index is 2.80. The molecular formula is C25H17F3O8.